The maximum atomic E-state index is 11.7. The van der Waals surface area contributed by atoms with Crippen LogP contribution in [0.2, 0.25) is 5.02 Å². The molecule has 0 atom stereocenters. The summed E-state index contributed by atoms with van der Waals surface area (Å²) >= 11 is 9.27. The second-order valence-electron chi connectivity index (χ2n) is 3.23. The molecule has 0 spiro atoms. The Balaban J connectivity index is 2.69. The highest BCUT2D eigenvalue weighted by Gasteiger charge is 2.09. The van der Waals surface area contributed by atoms with E-state index in [4.69, 9.17) is 11.6 Å². The Morgan fingerprint density at radius 3 is 2.87 bits per heavy atom. The zero-order valence-electron chi connectivity index (χ0n) is 8.30. The van der Waals surface area contributed by atoms with Crippen LogP contribution in [-0.2, 0) is 0 Å². The Kier molecular flexibility index (Phi) is 5.06. The lowest BCUT2D eigenvalue weighted by Gasteiger charge is -2.03. The third kappa shape index (κ3) is 3.80. The van der Waals surface area contributed by atoms with Gasteiger partial charge in [0.05, 0.1) is 5.02 Å². The number of allylic oxidation sites excluding steroid dienone is 1. The summed E-state index contributed by atoms with van der Waals surface area (Å²) in [5.74, 6) is 0.0920. The number of carbonyl (C=O) groups is 1. The van der Waals surface area contributed by atoms with Gasteiger partial charge in [-0.25, -0.2) is 0 Å². The average molecular weight is 288 g/mol. The topological polar surface area (TPSA) is 17.1 Å². The third-order valence-corrected chi connectivity index (χ3v) is 2.85. The monoisotopic (exact) mass is 286 g/mol. The van der Waals surface area contributed by atoms with Crippen molar-refractivity contribution in [3.05, 3.63) is 45.9 Å². The predicted octanol–water partition coefficient (Wildman–Crippen LogP) is 4.64. The first-order chi connectivity index (χ1) is 7.15. The minimum absolute atomic E-state index is 0.0920. The Hall–Kier alpha value is -0.600. The van der Waals surface area contributed by atoms with Crippen molar-refractivity contribution in [2.45, 2.75) is 19.3 Å². The molecule has 0 radical (unpaired) electrons. The van der Waals surface area contributed by atoms with Crippen LogP contribution < -0.4 is 0 Å². The van der Waals surface area contributed by atoms with Gasteiger partial charge in [-0.3, -0.25) is 4.79 Å². The van der Waals surface area contributed by atoms with Crippen LogP contribution >= 0.6 is 27.5 Å². The normalized spacial score (nSPS) is 10.0. The Labute approximate surface area is 103 Å². The van der Waals surface area contributed by atoms with Crippen LogP contribution in [0.5, 0.6) is 0 Å². The first-order valence-corrected chi connectivity index (χ1v) is 5.91. The summed E-state index contributed by atoms with van der Waals surface area (Å²) in [4.78, 5) is 11.7. The number of hydrogen-bond donors (Lipinski definition) is 0. The molecule has 15 heavy (non-hydrogen) atoms. The molecule has 0 aliphatic carbocycles. The van der Waals surface area contributed by atoms with E-state index in [1.54, 1.807) is 12.1 Å². The largest absolute Gasteiger partial charge is 0.294 e. The highest BCUT2D eigenvalue weighted by molar-refractivity contribution is 9.10. The summed E-state index contributed by atoms with van der Waals surface area (Å²) in [5, 5.41) is 0.507. The first-order valence-electron chi connectivity index (χ1n) is 4.74. The van der Waals surface area contributed by atoms with E-state index in [1.165, 1.54) is 0 Å². The van der Waals surface area contributed by atoms with E-state index in [9.17, 15) is 4.79 Å². The molecule has 1 nitrogen and oxygen atoms in total. The molecule has 0 aromatic heterocycles. The molecule has 0 aliphatic heterocycles. The van der Waals surface area contributed by atoms with Crippen LogP contribution in [0.1, 0.15) is 29.6 Å². The molecule has 0 unspecified atom stereocenters. The van der Waals surface area contributed by atoms with Gasteiger partial charge >= 0.3 is 0 Å². The summed E-state index contributed by atoms with van der Waals surface area (Å²) in [7, 11) is 0. The molecule has 0 saturated carbocycles. The van der Waals surface area contributed by atoms with Gasteiger partial charge in [0.1, 0.15) is 0 Å². The summed E-state index contributed by atoms with van der Waals surface area (Å²) in [6, 6.07) is 5.32. The van der Waals surface area contributed by atoms with E-state index in [0.29, 0.717) is 17.0 Å². The number of benzene rings is 1. The fraction of sp³-hybridized carbons (Fsp3) is 0.250. The quantitative estimate of drug-likeness (QED) is 0.438. The van der Waals surface area contributed by atoms with Gasteiger partial charge in [0, 0.05) is 16.5 Å². The summed E-state index contributed by atoms with van der Waals surface area (Å²) in [5.41, 5.74) is 0.601. The van der Waals surface area contributed by atoms with Crippen molar-refractivity contribution in [3.8, 4) is 0 Å². The van der Waals surface area contributed by atoms with Crippen LogP contribution in [0.25, 0.3) is 0 Å². The fourth-order valence-corrected chi connectivity index (χ4v) is 2.04. The van der Waals surface area contributed by atoms with Crippen LogP contribution in [0.4, 0.5) is 0 Å². The molecule has 0 heterocycles. The lowest BCUT2D eigenvalue weighted by Crippen LogP contribution is -1.99. The second-order valence-corrected chi connectivity index (χ2v) is 4.55. The SMILES string of the molecule is C=CCCCC(=O)c1ccc(Br)cc1Cl. The van der Waals surface area contributed by atoms with Crippen molar-refractivity contribution < 1.29 is 4.79 Å². The number of halogens is 2. The first kappa shape index (κ1) is 12.5. The van der Waals surface area contributed by atoms with Gasteiger partial charge in [-0.15, -0.1) is 6.58 Å². The van der Waals surface area contributed by atoms with Gasteiger partial charge in [0.15, 0.2) is 5.78 Å². The van der Waals surface area contributed by atoms with Crippen molar-refractivity contribution in [3.63, 3.8) is 0 Å². The van der Waals surface area contributed by atoms with Gasteiger partial charge in [-0.2, -0.15) is 0 Å². The highest BCUT2D eigenvalue weighted by atomic mass is 79.9. The zero-order chi connectivity index (χ0) is 11.3. The molecular weight excluding hydrogens is 275 g/mol. The van der Waals surface area contributed by atoms with E-state index >= 15 is 0 Å². The van der Waals surface area contributed by atoms with Crippen molar-refractivity contribution in [1.29, 1.82) is 0 Å². The molecule has 0 fully saturated rings. The number of hydrogen-bond acceptors (Lipinski definition) is 1. The number of ketones is 1. The third-order valence-electron chi connectivity index (χ3n) is 2.04. The molecular formula is C12H12BrClO. The highest BCUT2D eigenvalue weighted by Crippen LogP contribution is 2.22. The maximum absolute atomic E-state index is 11.7. The fourth-order valence-electron chi connectivity index (χ4n) is 1.26. The van der Waals surface area contributed by atoms with E-state index in [1.807, 2.05) is 12.1 Å². The lowest BCUT2D eigenvalue weighted by atomic mass is 10.1. The molecule has 0 amide bonds. The maximum Gasteiger partial charge on any atom is 0.164 e. The summed E-state index contributed by atoms with van der Waals surface area (Å²) in [6.07, 6.45) is 4.03. The van der Waals surface area contributed by atoms with Crippen molar-refractivity contribution in [2.24, 2.45) is 0 Å². The minimum atomic E-state index is 0.0920. The van der Waals surface area contributed by atoms with Gasteiger partial charge in [0.2, 0.25) is 0 Å². The molecule has 1 aromatic rings. The predicted molar refractivity (Wildman–Crippen MR) is 67.5 cm³/mol. The van der Waals surface area contributed by atoms with Gasteiger partial charge in [0.25, 0.3) is 0 Å². The average Bonchev–Trinajstić information content (AvgIpc) is 2.17. The summed E-state index contributed by atoms with van der Waals surface area (Å²) in [6.45, 7) is 3.62. The van der Waals surface area contributed by atoms with Crippen molar-refractivity contribution in [1.82, 2.24) is 0 Å². The zero-order valence-corrected chi connectivity index (χ0v) is 10.6. The molecule has 3 heteroatoms. The van der Waals surface area contributed by atoms with E-state index < -0.39 is 0 Å². The molecule has 0 aliphatic rings. The van der Waals surface area contributed by atoms with Gasteiger partial charge in [-0.05, 0) is 31.0 Å². The standard InChI is InChI=1S/C12H12BrClO/c1-2-3-4-5-12(15)10-7-6-9(13)8-11(10)14/h2,6-8H,1,3-5H2. The molecule has 0 bridgehead atoms. The molecule has 1 rings (SSSR count). The number of carbonyl (C=O) groups excluding carboxylic acids is 1. The van der Waals surface area contributed by atoms with E-state index in [2.05, 4.69) is 22.5 Å². The molecule has 0 saturated heterocycles. The number of Topliss-reactive ketones (excluding diaryl/α,β-unsaturated/α-hetero) is 1. The van der Waals surface area contributed by atoms with E-state index in [0.717, 1.165) is 17.3 Å². The van der Waals surface area contributed by atoms with Crippen LogP contribution in [0.3, 0.4) is 0 Å². The minimum Gasteiger partial charge on any atom is -0.294 e. The Morgan fingerprint density at radius 2 is 2.27 bits per heavy atom. The van der Waals surface area contributed by atoms with Crippen LogP contribution in [-0.4, -0.2) is 5.78 Å². The van der Waals surface area contributed by atoms with Gasteiger partial charge < -0.3 is 0 Å². The van der Waals surface area contributed by atoms with Crippen LogP contribution in [0.15, 0.2) is 35.3 Å². The van der Waals surface area contributed by atoms with Crippen molar-refractivity contribution in [2.75, 3.05) is 0 Å². The Morgan fingerprint density at radius 1 is 1.53 bits per heavy atom. The Bertz CT molecular complexity index is 374. The molecule has 1 aromatic carbocycles. The van der Waals surface area contributed by atoms with Gasteiger partial charge in [-0.1, -0.05) is 33.6 Å². The number of unbranched alkanes of at least 4 members (excludes halogenated alkanes) is 1. The molecule has 80 valence electrons. The van der Waals surface area contributed by atoms with E-state index in [-0.39, 0.29) is 5.78 Å². The van der Waals surface area contributed by atoms with Crippen molar-refractivity contribution >= 4 is 33.3 Å². The van der Waals surface area contributed by atoms with Crippen LogP contribution in [0, 0.1) is 0 Å². The molecule has 0 N–H and O–H groups in total. The number of rotatable bonds is 5. The smallest absolute Gasteiger partial charge is 0.164 e. The second kappa shape index (κ2) is 6.09. The summed E-state index contributed by atoms with van der Waals surface area (Å²) < 4.78 is 0.884. The lowest BCUT2D eigenvalue weighted by molar-refractivity contribution is 0.0980.